The number of hydrogen-bond acceptors (Lipinski definition) is 8. The highest BCUT2D eigenvalue weighted by atomic mass is 35.5. The zero-order valence-electron chi connectivity index (χ0n) is 17.8. The Kier molecular flexibility index (Phi) is 6.47. The Labute approximate surface area is 203 Å². The minimum Gasteiger partial charge on any atom is -0.487 e. The summed E-state index contributed by atoms with van der Waals surface area (Å²) in [6.45, 7) is 1.07. The summed E-state index contributed by atoms with van der Waals surface area (Å²) in [6, 6.07) is 4.28. The molecule has 0 spiro atoms. The first-order valence-corrected chi connectivity index (χ1v) is 11.6. The first-order chi connectivity index (χ1) is 16.5. The fourth-order valence-electron chi connectivity index (χ4n) is 3.21. The topological polar surface area (TPSA) is 134 Å². The third-order valence-electron chi connectivity index (χ3n) is 4.71. The van der Waals surface area contributed by atoms with Crippen LogP contribution in [0, 0.1) is 23.5 Å². The number of nitrogens with zero attached hydrogens (tertiary/aromatic N) is 2. The van der Waals surface area contributed by atoms with E-state index in [2.05, 4.69) is 26.5 Å². The summed E-state index contributed by atoms with van der Waals surface area (Å²) in [7, 11) is -4.48. The lowest BCUT2D eigenvalue weighted by Crippen LogP contribution is -2.15. The molecule has 13 heteroatoms. The van der Waals surface area contributed by atoms with Gasteiger partial charge in [-0.05, 0) is 24.3 Å². The molecule has 0 amide bonds. The number of ether oxygens (including phenoxy) is 2. The number of halogens is 3. The van der Waals surface area contributed by atoms with E-state index in [1.807, 2.05) is 0 Å². The van der Waals surface area contributed by atoms with Crippen LogP contribution in [0.25, 0.3) is 0 Å². The molecule has 3 aromatic rings. The van der Waals surface area contributed by atoms with Gasteiger partial charge in [-0.25, -0.2) is 27.2 Å². The summed E-state index contributed by atoms with van der Waals surface area (Å²) in [6.07, 6.45) is 1.66. The van der Waals surface area contributed by atoms with E-state index in [4.69, 9.17) is 26.8 Å². The van der Waals surface area contributed by atoms with Crippen molar-refractivity contribution in [2.24, 2.45) is 0 Å². The van der Waals surface area contributed by atoms with Gasteiger partial charge in [0.2, 0.25) is 5.95 Å². The summed E-state index contributed by atoms with van der Waals surface area (Å²) in [5, 5.41) is 0.0172. The fraction of sp³-hybridized carbons (Fsp3) is 0.136. The van der Waals surface area contributed by atoms with Gasteiger partial charge in [0.1, 0.15) is 23.1 Å². The van der Waals surface area contributed by atoms with Crippen molar-refractivity contribution in [3.05, 3.63) is 70.0 Å². The van der Waals surface area contributed by atoms with E-state index in [-0.39, 0.29) is 34.5 Å². The summed E-state index contributed by atoms with van der Waals surface area (Å²) in [4.78, 5) is 18.4. The first-order valence-electron chi connectivity index (χ1n) is 9.79. The van der Waals surface area contributed by atoms with Crippen molar-refractivity contribution in [2.75, 3.05) is 17.1 Å². The van der Waals surface area contributed by atoms with Gasteiger partial charge in [-0.1, -0.05) is 23.4 Å². The largest absolute Gasteiger partial charge is 0.487 e. The van der Waals surface area contributed by atoms with Crippen molar-refractivity contribution in [3.8, 4) is 17.6 Å². The van der Waals surface area contributed by atoms with Crippen LogP contribution in [0.4, 0.5) is 20.4 Å². The molecule has 2 heterocycles. The number of aromatic nitrogens is 2. The lowest BCUT2D eigenvalue weighted by molar-refractivity contribution is -0.147. The molecule has 2 aromatic carbocycles. The van der Waals surface area contributed by atoms with Gasteiger partial charge < -0.3 is 15.2 Å². The average molecular weight is 521 g/mol. The Hall–Kier alpha value is -3.95. The quantitative estimate of drug-likeness (QED) is 0.396. The molecule has 1 aromatic heterocycles. The zero-order valence-corrected chi connectivity index (χ0v) is 19.4. The van der Waals surface area contributed by atoms with Gasteiger partial charge in [-0.2, -0.15) is 0 Å². The highest BCUT2D eigenvalue weighted by Crippen LogP contribution is 2.42. The number of nitrogens with two attached hydrogens (primary N) is 1. The second-order valence-corrected chi connectivity index (χ2v) is 9.29. The molecule has 180 valence electrons. The molecule has 35 heavy (non-hydrogen) atoms. The molecule has 0 radical (unpaired) electrons. The zero-order chi connectivity index (χ0) is 25.3. The number of anilines is 2. The highest BCUT2D eigenvalue weighted by Gasteiger charge is 2.34. The summed E-state index contributed by atoms with van der Waals surface area (Å²) in [5.41, 5.74) is 4.62. The predicted octanol–water partition coefficient (Wildman–Crippen LogP) is 3.19. The van der Waals surface area contributed by atoms with Crippen LogP contribution in [-0.4, -0.2) is 31.0 Å². The van der Waals surface area contributed by atoms with Gasteiger partial charge >= 0.3 is 5.97 Å². The van der Waals surface area contributed by atoms with Crippen LogP contribution in [0.2, 0.25) is 5.02 Å². The Morgan fingerprint density at radius 2 is 1.97 bits per heavy atom. The van der Waals surface area contributed by atoms with Crippen LogP contribution in [0.3, 0.4) is 0 Å². The molecule has 0 saturated heterocycles. The number of carbonyl (C=O) groups excluding carboxylic acids is 1. The number of carbonyl (C=O) groups is 1. The maximum Gasteiger partial charge on any atom is 0.303 e. The van der Waals surface area contributed by atoms with Crippen LogP contribution < -0.4 is 15.2 Å². The smallest absolute Gasteiger partial charge is 0.303 e. The maximum absolute atomic E-state index is 15.1. The molecule has 3 N–H and O–H groups in total. The molecule has 1 atom stereocenters. The molecule has 0 bridgehead atoms. The lowest BCUT2D eigenvalue weighted by atomic mass is 10.1. The van der Waals surface area contributed by atoms with Crippen molar-refractivity contribution < 1.29 is 31.5 Å². The molecule has 0 fully saturated rings. The van der Waals surface area contributed by atoms with Crippen LogP contribution >= 0.6 is 11.6 Å². The molecule has 9 nitrogen and oxygen atoms in total. The Morgan fingerprint density at radius 3 is 2.66 bits per heavy atom. The number of esters is 1. The van der Waals surface area contributed by atoms with Gasteiger partial charge in [0.25, 0.3) is 10.0 Å². The van der Waals surface area contributed by atoms with Gasteiger partial charge in [0.05, 0.1) is 16.8 Å². The standard InChI is InChI=1S/C22H15ClF2N4O5S/c1-11(30)34-18-10-33-21-15(18)6-13(23)7-19(21)35(31,32)29-17-5-4-16(24)14(20(17)25)3-2-12-8-27-22(26)28-9-12/h4-9,18,29H,10H2,1H3,(H2,26,27,28). The molecule has 1 aliphatic rings. The molecule has 1 aliphatic heterocycles. The van der Waals surface area contributed by atoms with Crippen molar-refractivity contribution in [2.45, 2.75) is 17.9 Å². The predicted molar refractivity (Wildman–Crippen MR) is 121 cm³/mol. The van der Waals surface area contributed by atoms with Crippen molar-refractivity contribution in [1.29, 1.82) is 0 Å². The van der Waals surface area contributed by atoms with Crippen molar-refractivity contribution in [3.63, 3.8) is 0 Å². The number of nitrogens with one attached hydrogen (secondary N) is 1. The third-order valence-corrected chi connectivity index (χ3v) is 6.30. The van der Waals surface area contributed by atoms with Crippen LogP contribution in [0.15, 0.2) is 41.6 Å². The molecular formula is C22H15ClF2N4O5S. The summed E-state index contributed by atoms with van der Waals surface area (Å²) in [5.74, 6) is 1.85. The van der Waals surface area contributed by atoms with E-state index < -0.39 is 49.9 Å². The average Bonchev–Trinajstić information content (AvgIpc) is 3.18. The molecule has 0 aliphatic carbocycles. The minimum absolute atomic E-state index is 0.0000259. The number of hydrogen-bond donors (Lipinski definition) is 2. The SMILES string of the molecule is CC(=O)OC1COc2c1cc(Cl)cc2S(=O)(=O)Nc1ccc(F)c(C#Cc2cnc(N)nc2)c1F. The molecule has 0 saturated carbocycles. The van der Waals surface area contributed by atoms with E-state index in [0.29, 0.717) is 0 Å². The number of fused-ring (bicyclic) bond motifs is 1. The number of sulfonamides is 1. The second-order valence-electron chi connectivity index (χ2n) is 7.20. The molecule has 4 rings (SSSR count). The monoisotopic (exact) mass is 520 g/mol. The van der Waals surface area contributed by atoms with Gasteiger partial charge in [-0.3, -0.25) is 9.52 Å². The molecule has 1 unspecified atom stereocenters. The van der Waals surface area contributed by atoms with E-state index in [1.54, 1.807) is 0 Å². The van der Waals surface area contributed by atoms with Crippen LogP contribution in [0.5, 0.6) is 5.75 Å². The van der Waals surface area contributed by atoms with Crippen LogP contribution in [0.1, 0.15) is 29.7 Å². The highest BCUT2D eigenvalue weighted by molar-refractivity contribution is 7.92. The van der Waals surface area contributed by atoms with E-state index in [0.717, 1.165) is 18.2 Å². The number of nitrogen functional groups attached to an aromatic ring is 1. The van der Waals surface area contributed by atoms with Crippen molar-refractivity contribution in [1.82, 2.24) is 9.97 Å². The minimum atomic E-state index is -4.48. The summed E-state index contributed by atoms with van der Waals surface area (Å²) < 4.78 is 68.2. The Morgan fingerprint density at radius 1 is 1.26 bits per heavy atom. The Bertz CT molecular complexity index is 1500. The number of rotatable bonds is 4. The third kappa shape index (κ3) is 5.11. The van der Waals surface area contributed by atoms with Gasteiger partial charge in [-0.15, -0.1) is 0 Å². The molecular weight excluding hydrogens is 506 g/mol. The number of benzene rings is 2. The van der Waals surface area contributed by atoms with E-state index in [1.165, 1.54) is 25.4 Å². The Balaban J connectivity index is 1.70. The second kappa shape index (κ2) is 9.36. The lowest BCUT2D eigenvalue weighted by Gasteiger charge is -2.14. The normalized spacial score (nSPS) is 14.3. The van der Waals surface area contributed by atoms with E-state index >= 15 is 4.39 Å². The maximum atomic E-state index is 15.1. The van der Waals surface area contributed by atoms with E-state index in [9.17, 15) is 17.6 Å². The summed E-state index contributed by atoms with van der Waals surface area (Å²) >= 11 is 6.08. The van der Waals surface area contributed by atoms with Gasteiger partial charge in [0, 0.05) is 29.9 Å². The van der Waals surface area contributed by atoms with Gasteiger partial charge in [0.15, 0.2) is 11.9 Å². The fourth-order valence-corrected chi connectivity index (χ4v) is 4.76. The van der Waals surface area contributed by atoms with Crippen LogP contribution in [-0.2, 0) is 19.6 Å². The van der Waals surface area contributed by atoms with Crippen molar-refractivity contribution >= 4 is 39.2 Å². The first kappa shape index (κ1) is 24.2.